The highest BCUT2D eigenvalue weighted by atomic mass is 19.1. The van der Waals surface area contributed by atoms with Gasteiger partial charge in [0.05, 0.1) is 0 Å². The maximum absolute atomic E-state index is 13.0. The summed E-state index contributed by atoms with van der Waals surface area (Å²) in [5.41, 5.74) is 2.44. The number of carbonyl (C=O) groups is 3. The van der Waals surface area contributed by atoms with E-state index in [1.165, 1.54) is 18.2 Å². The molecule has 0 bridgehead atoms. The lowest BCUT2D eigenvalue weighted by Gasteiger charge is -2.26. The number of amides is 4. The van der Waals surface area contributed by atoms with Crippen LogP contribution in [0.5, 0.6) is 0 Å². The Morgan fingerprint density at radius 2 is 1.60 bits per heavy atom. The Morgan fingerprint density at radius 3 is 2.20 bits per heavy atom. The van der Waals surface area contributed by atoms with Crippen LogP contribution in [-0.4, -0.2) is 42.4 Å². The number of urea groups is 1. The number of hydrogen-bond donors (Lipinski definition) is 1. The zero-order valence-corrected chi connectivity index (χ0v) is 17.0. The van der Waals surface area contributed by atoms with Crippen LogP contribution >= 0.6 is 0 Å². The van der Waals surface area contributed by atoms with Gasteiger partial charge in [-0.25, -0.2) is 9.18 Å². The van der Waals surface area contributed by atoms with Gasteiger partial charge in [0, 0.05) is 25.3 Å². The number of nitrogens with zero attached hydrogens (tertiary/aromatic N) is 2. The van der Waals surface area contributed by atoms with Crippen molar-refractivity contribution in [1.82, 2.24) is 10.2 Å². The van der Waals surface area contributed by atoms with Crippen molar-refractivity contribution in [2.75, 3.05) is 24.5 Å². The number of imide groups is 2. The molecule has 0 radical (unpaired) electrons. The molecule has 3 rings (SSSR count). The average Bonchev–Trinajstić information content (AvgIpc) is 2.74. The first kappa shape index (κ1) is 21.2. The minimum absolute atomic E-state index is 0.0851. The van der Waals surface area contributed by atoms with Gasteiger partial charge in [-0.15, -0.1) is 0 Å². The largest absolute Gasteiger partial charge is 0.372 e. The molecule has 1 aliphatic rings. The molecule has 0 spiro atoms. The van der Waals surface area contributed by atoms with E-state index in [4.69, 9.17) is 0 Å². The molecule has 1 heterocycles. The SMILES string of the molecule is CCN(CC)c1ccc(/C=C2/C(=O)NC(=O)N(CCc3ccc(F)cc3)C2=O)cc1. The van der Waals surface area contributed by atoms with E-state index in [1.54, 1.807) is 12.1 Å². The van der Waals surface area contributed by atoms with Gasteiger partial charge in [-0.3, -0.25) is 19.8 Å². The van der Waals surface area contributed by atoms with E-state index < -0.39 is 17.8 Å². The summed E-state index contributed by atoms with van der Waals surface area (Å²) in [6.45, 7) is 5.98. The first-order valence-corrected chi connectivity index (χ1v) is 9.91. The first-order chi connectivity index (χ1) is 14.4. The highest BCUT2D eigenvalue weighted by Crippen LogP contribution is 2.19. The van der Waals surface area contributed by atoms with Gasteiger partial charge in [0.2, 0.25) is 0 Å². The second-order valence-electron chi connectivity index (χ2n) is 6.91. The Kier molecular flexibility index (Phi) is 6.61. The lowest BCUT2D eigenvalue weighted by atomic mass is 10.1. The van der Waals surface area contributed by atoms with Crippen molar-refractivity contribution in [3.05, 3.63) is 71.0 Å². The zero-order chi connectivity index (χ0) is 21.7. The Morgan fingerprint density at radius 1 is 0.967 bits per heavy atom. The number of nitrogens with one attached hydrogen (secondary N) is 1. The van der Waals surface area contributed by atoms with Gasteiger partial charge in [-0.1, -0.05) is 24.3 Å². The second-order valence-corrected chi connectivity index (χ2v) is 6.91. The van der Waals surface area contributed by atoms with Crippen LogP contribution < -0.4 is 10.2 Å². The number of anilines is 1. The third kappa shape index (κ3) is 4.74. The first-order valence-electron chi connectivity index (χ1n) is 9.91. The molecule has 30 heavy (non-hydrogen) atoms. The molecule has 2 aromatic rings. The van der Waals surface area contributed by atoms with Crippen molar-refractivity contribution in [2.45, 2.75) is 20.3 Å². The Bertz CT molecular complexity index is 964. The number of benzene rings is 2. The quantitative estimate of drug-likeness (QED) is 0.562. The summed E-state index contributed by atoms with van der Waals surface area (Å²) in [5, 5.41) is 2.21. The van der Waals surface area contributed by atoms with E-state index in [0.29, 0.717) is 12.0 Å². The van der Waals surface area contributed by atoms with Crippen LogP contribution in [0.2, 0.25) is 0 Å². The highest BCUT2D eigenvalue weighted by Gasteiger charge is 2.35. The lowest BCUT2D eigenvalue weighted by molar-refractivity contribution is -0.130. The number of hydrogen-bond acceptors (Lipinski definition) is 4. The fraction of sp³-hybridized carbons (Fsp3) is 0.261. The molecule has 1 aliphatic heterocycles. The van der Waals surface area contributed by atoms with Crippen LogP contribution in [0.4, 0.5) is 14.9 Å². The van der Waals surface area contributed by atoms with Crippen molar-refractivity contribution >= 4 is 29.6 Å². The third-order valence-corrected chi connectivity index (χ3v) is 5.06. The van der Waals surface area contributed by atoms with Crippen LogP contribution in [0.25, 0.3) is 6.08 Å². The molecule has 0 aliphatic carbocycles. The van der Waals surface area contributed by atoms with Crippen LogP contribution in [-0.2, 0) is 16.0 Å². The van der Waals surface area contributed by atoms with E-state index in [0.717, 1.165) is 29.2 Å². The molecule has 2 aromatic carbocycles. The smallest absolute Gasteiger partial charge is 0.331 e. The predicted molar refractivity (Wildman–Crippen MR) is 113 cm³/mol. The fourth-order valence-corrected chi connectivity index (χ4v) is 3.33. The third-order valence-electron chi connectivity index (χ3n) is 5.06. The summed E-state index contributed by atoms with van der Waals surface area (Å²) in [6.07, 6.45) is 1.85. The standard InChI is InChI=1S/C23H24FN3O3/c1-3-26(4-2)19-11-7-17(8-12-19)15-20-21(28)25-23(30)27(22(20)29)14-13-16-5-9-18(24)10-6-16/h5-12,15H,3-4,13-14H2,1-2H3,(H,25,28,30)/b20-15-. The van der Waals surface area contributed by atoms with Gasteiger partial charge < -0.3 is 4.90 Å². The molecular formula is C23H24FN3O3. The molecule has 0 atom stereocenters. The zero-order valence-electron chi connectivity index (χ0n) is 17.0. The second kappa shape index (κ2) is 9.35. The van der Waals surface area contributed by atoms with Crippen molar-refractivity contribution < 1.29 is 18.8 Å². The number of carbonyl (C=O) groups excluding carboxylic acids is 3. The van der Waals surface area contributed by atoms with E-state index in [-0.39, 0.29) is 17.9 Å². The van der Waals surface area contributed by atoms with Gasteiger partial charge >= 0.3 is 6.03 Å². The Hall–Kier alpha value is -3.48. The van der Waals surface area contributed by atoms with E-state index in [2.05, 4.69) is 24.1 Å². The summed E-state index contributed by atoms with van der Waals surface area (Å²) >= 11 is 0. The molecule has 1 fully saturated rings. The molecule has 7 heteroatoms. The van der Waals surface area contributed by atoms with Crippen LogP contribution in [0, 0.1) is 5.82 Å². The Labute approximate surface area is 175 Å². The molecule has 1 saturated heterocycles. The molecule has 0 aromatic heterocycles. The van der Waals surface area contributed by atoms with Crippen molar-refractivity contribution in [3.63, 3.8) is 0 Å². The normalized spacial score (nSPS) is 15.5. The highest BCUT2D eigenvalue weighted by molar-refractivity contribution is 6.31. The van der Waals surface area contributed by atoms with Crippen LogP contribution in [0.1, 0.15) is 25.0 Å². The van der Waals surface area contributed by atoms with Gasteiger partial charge in [-0.05, 0) is 61.7 Å². The van der Waals surface area contributed by atoms with Crippen molar-refractivity contribution in [2.24, 2.45) is 0 Å². The van der Waals surface area contributed by atoms with Crippen molar-refractivity contribution in [1.29, 1.82) is 0 Å². The van der Waals surface area contributed by atoms with Crippen LogP contribution in [0.15, 0.2) is 54.1 Å². The molecule has 0 saturated carbocycles. The fourth-order valence-electron chi connectivity index (χ4n) is 3.33. The lowest BCUT2D eigenvalue weighted by Crippen LogP contribution is -2.54. The van der Waals surface area contributed by atoms with Gasteiger partial charge in [0.1, 0.15) is 11.4 Å². The number of halogens is 1. The van der Waals surface area contributed by atoms with Gasteiger partial charge in [0.25, 0.3) is 11.8 Å². The topological polar surface area (TPSA) is 69.7 Å². The summed E-state index contributed by atoms with van der Waals surface area (Å²) in [4.78, 5) is 40.4. The Balaban J connectivity index is 1.76. The molecule has 6 nitrogen and oxygen atoms in total. The maximum atomic E-state index is 13.0. The van der Waals surface area contributed by atoms with E-state index in [9.17, 15) is 18.8 Å². The van der Waals surface area contributed by atoms with Gasteiger partial charge in [-0.2, -0.15) is 0 Å². The van der Waals surface area contributed by atoms with Crippen molar-refractivity contribution in [3.8, 4) is 0 Å². The van der Waals surface area contributed by atoms with E-state index >= 15 is 0 Å². The number of rotatable bonds is 7. The molecule has 4 amide bonds. The molecule has 156 valence electrons. The minimum Gasteiger partial charge on any atom is -0.372 e. The monoisotopic (exact) mass is 409 g/mol. The van der Waals surface area contributed by atoms with Crippen LogP contribution in [0.3, 0.4) is 0 Å². The molecule has 1 N–H and O–H groups in total. The maximum Gasteiger partial charge on any atom is 0.331 e. The summed E-state index contributed by atoms with van der Waals surface area (Å²) in [7, 11) is 0. The summed E-state index contributed by atoms with van der Waals surface area (Å²) in [6, 6.07) is 12.6. The summed E-state index contributed by atoms with van der Waals surface area (Å²) < 4.78 is 13.0. The molecule has 0 unspecified atom stereocenters. The summed E-state index contributed by atoms with van der Waals surface area (Å²) in [5.74, 6) is -1.71. The van der Waals surface area contributed by atoms with Gasteiger partial charge in [0.15, 0.2) is 0 Å². The molecular weight excluding hydrogens is 385 g/mol. The predicted octanol–water partition coefficient (Wildman–Crippen LogP) is 3.38. The van der Waals surface area contributed by atoms with E-state index in [1.807, 2.05) is 24.3 Å². The minimum atomic E-state index is -0.749. The average molecular weight is 409 g/mol. The number of barbiturate groups is 1.